The van der Waals surface area contributed by atoms with Crippen LogP contribution in [0, 0.1) is 5.92 Å². The maximum absolute atomic E-state index is 14.2. The first kappa shape index (κ1) is 12.1. The summed E-state index contributed by atoms with van der Waals surface area (Å²) in [7, 11) is 0. The van der Waals surface area contributed by atoms with Crippen LogP contribution in [0.3, 0.4) is 0 Å². The fourth-order valence-electron chi connectivity index (χ4n) is 3.01. The van der Waals surface area contributed by atoms with Gasteiger partial charge in [-0.2, -0.15) is 0 Å². The highest BCUT2D eigenvalue weighted by atomic mass is 19.2. The number of alkyl halides is 5. The molecule has 0 aromatic rings. The van der Waals surface area contributed by atoms with Gasteiger partial charge in [-0.05, 0) is 13.3 Å². The van der Waals surface area contributed by atoms with Crippen molar-refractivity contribution in [3.8, 4) is 0 Å². The van der Waals surface area contributed by atoms with Crippen molar-refractivity contribution in [2.75, 3.05) is 0 Å². The van der Waals surface area contributed by atoms with Crippen LogP contribution < -0.4 is 0 Å². The molecule has 0 saturated heterocycles. The van der Waals surface area contributed by atoms with Crippen LogP contribution in [0.1, 0.15) is 33.1 Å². The smallest absolute Gasteiger partial charge is 0.184 e. The van der Waals surface area contributed by atoms with Gasteiger partial charge in [0.05, 0.1) is 0 Å². The molecule has 0 N–H and O–H groups in total. The van der Waals surface area contributed by atoms with E-state index in [4.69, 9.17) is 0 Å². The van der Waals surface area contributed by atoms with Gasteiger partial charge in [-0.1, -0.05) is 6.92 Å². The Hall–Kier alpha value is -0.350. The molecule has 0 spiro atoms. The highest BCUT2D eigenvalue weighted by molar-refractivity contribution is 5.32. The van der Waals surface area contributed by atoms with Crippen molar-refractivity contribution in [3.05, 3.63) is 0 Å². The summed E-state index contributed by atoms with van der Waals surface area (Å²) in [6.45, 7) is 2.20. The average molecular weight is 242 g/mol. The minimum absolute atomic E-state index is 0.0478. The topological polar surface area (TPSA) is 0 Å². The minimum Gasteiger partial charge on any atom is -0.247 e. The fraction of sp³-hybridized carbons (Fsp3) is 1.00. The maximum atomic E-state index is 14.2. The molecule has 0 radical (unpaired) electrons. The second-order valence-electron chi connectivity index (χ2n) is 5.15. The molecule has 5 heteroatoms. The van der Waals surface area contributed by atoms with Crippen LogP contribution in [0.5, 0.6) is 0 Å². The van der Waals surface area contributed by atoms with Crippen molar-refractivity contribution in [2.45, 2.75) is 62.5 Å². The molecule has 2 fully saturated rings. The Balaban J connectivity index is 2.42. The quantitative estimate of drug-likeness (QED) is 0.616. The van der Waals surface area contributed by atoms with Crippen LogP contribution in [0.25, 0.3) is 0 Å². The van der Waals surface area contributed by atoms with Crippen LogP contribution in [0.15, 0.2) is 0 Å². The van der Waals surface area contributed by atoms with E-state index in [9.17, 15) is 22.0 Å². The van der Waals surface area contributed by atoms with Gasteiger partial charge in [0, 0.05) is 18.8 Å². The van der Waals surface area contributed by atoms with E-state index in [2.05, 4.69) is 0 Å². The molecule has 6 atom stereocenters. The lowest BCUT2D eigenvalue weighted by molar-refractivity contribution is -0.0460. The molecule has 0 aliphatic heterocycles. The van der Waals surface area contributed by atoms with Crippen molar-refractivity contribution in [1.82, 2.24) is 0 Å². The first-order chi connectivity index (χ1) is 7.20. The lowest BCUT2D eigenvalue weighted by Crippen LogP contribution is -2.46. The zero-order valence-corrected chi connectivity index (χ0v) is 9.24. The van der Waals surface area contributed by atoms with E-state index < -0.39 is 48.1 Å². The Bertz CT molecular complexity index is 305. The van der Waals surface area contributed by atoms with E-state index in [-0.39, 0.29) is 6.42 Å². The molecule has 2 saturated carbocycles. The third-order valence-corrected chi connectivity index (χ3v) is 4.29. The normalized spacial score (nSPS) is 61.3. The van der Waals surface area contributed by atoms with Crippen molar-refractivity contribution in [1.29, 1.82) is 0 Å². The molecule has 0 heterocycles. The lowest BCUT2D eigenvalue weighted by Gasteiger charge is -2.27. The van der Waals surface area contributed by atoms with Gasteiger partial charge >= 0.3 is 0 Å². The monoisotopic (exact) mass is 242 g/mol. The Labute approximate surface area is 91.2 Å². The first-order valence-corrected chi connectivity index (χ1v) is 5.55. The van der Waals surface area contributed by atoms with Crippen molar-refractivity contribution >= 4 is 0 Å². The van der Waals surface area contributed by atoms with Crippen LogP contribution in [0.2, 0.25) is 0 Å². The van der Waals surface area contributed by atoms with Crippen molar-refractivity contribution < 1.29 is 22.0 Å². The molecular formula is C11H15F5. The number of hydrogen-bond donors (Lipinski definition) is 0. The van der Waals surface area contributed by atoms with Gasteiger partial charge in [-0.3, -0.25) is 0 Å². The molecule has 0 nitrogen and oxygen atoms in total. The summed E-state index contributed by atoms with van der Waals surface area (Å²) >= 11 is 0. The summed E-state index contributed by atoms with van der Waals surface area (Å²) in [6, 6.07) is 0. The second-order valence-corrected chi connectivity index (χ2v) is 5.15. The SMILES string of the molecule is CC[C@H]1[C@@H](F)C[C@H](F)[C@@](C)(F)C2(F)CC12F. The van der Waals surface area contributed by atoms with Gasteiger partial charge in [-0.25, -0.2) is 22.0 Å². The van der Waals surface area contributed by atoms with E-state index in [1.54, 1.807) is 0 Å². The molecule has 16 heavy (non-hydrogen) atoms. The van der Waals surface area contributed by atoms with Gasteiger partial charge in [0.15, 0.2) is 17.0 Å². The molecule has 0 amide bonds. The standard InChI is InChI=1S/C11H15F5/c1-3-6-7(12)4-8(13)9(2,14)11(16)5-10(6,11)15/h6-8H,3-5H2,1-2H3/t6-,7-,8-,9+,10?,11?/m0/s1. The summed E-state index contributed by atoms with van der Waals surface area (Å²) in [5.41, 5.74) is -8.33. The fourth-order valence-corrected chi connectivity index (χ4v) is 3.01. The number of rotatable bonds is 1. The number of halogens is 5. The lowest BCUT2D eigenvalue weighted by atomic mass is 9.91. The van der Waals surface area contributed by atoms with E-state index in [1.165, 1.54) is 6.92 Å². The van der Waals surface area contributed by atoms with E-state index in [0.29, 0.717) is 6.92 Å². The minimum atomic E-state index is -2.93. The third-order valence-electron chi connectivity index (χ3n) is 4.29. The maximum Gasteiger partial charge on any atom is 0.184 e. The van der Waals surface area contributed by atoms with Gasteiger partial charge in [0.25, 0.3) is 0 Å². The van der Waals surface area contributed by atoms with Crippen LogP contribution >= 0.6 is 0 Å². The predicted octanol–water partition coefficient (Wildman–Crippen LogP) is 3.64. The van der Waals surface area contributed by atoms with E-state index in [0.717, 1.165) is 0 Å². The molecule has 94 valence electrons. The van der Waals surface area contributed by atoms with Gasteiger partial charge in [0.2, 0.25) is 0 Å². The van der Waals surface area contributed by atoms with Crippen LogP contribution in [-0.2, 0) is 0 Å². The molecular weight excluding hydrogens is 227 g/mol. The Morgan fingerprint density at radius 3 is 2.25 bits per heavy atom. The molecule has 0 bridgehead atoms. The first-order valence-electron chi connectivity index (χ1n) is 5.55. The summed E-state index contributed by atoms with van der Waals surface area (Å²) in [6.07, 6.45) is -5.55. The summed E-state index contributed by atoms with van der Waals surface area (Å²) < 4.78 is 69.2. The Morgan fingerprint density at radius 2 is 1.75 bits per heavy atom. The predicted molar refractivity (Wildman–Crippen MR) is 50.0 cm³/mol. The third kappa shape index (κ3) is 1.15. The van der Waals surface area contributed by atoms with E-state index >= 15 is 0 Å². The molecule has 0 aromatic heterocycles. The Morgan fingerprint density at radius 1 is 1.19 bits per heavy atom. The van der Waals surface area contributed by atoms with Gasteiger partial charge < -0.3 is 0 Å². The zero-order chi connectivity index (χ0) is 12.4. The number of fused-ring (bicyclic) bond motifs is 1. The van der Waals surface area contributed by atoms with Crippen molar-refractivity contribution in [2.24, 2.45) is 5.92 Å². The molecule has 0 aromatic carbocycles. The second kappa shape index (κ2) is 3.10. The van der Waals surface area contributed by atoms with Crippen LogP contribution in [-0.4, -0.2) is 29.3 Å². The van der Waals surface area contributed by atoms with Gasteiger partial charge in [0.1, 0.15) is 12.3 Å². The molecule has 2 aliphatic rings. The number of hydrogen-bond acceptors (Lipinski definition) is 0. The highest BCUT2D eigenvalue weighted by Gasteiger charge is 2.85. The van der Waals surface area contributed by atoms with Crippen molar-refractivity contribution in [3.63, 3.8) is 0 Å². The van der Waals surface area contributed by atoms with Gasteiger partial charge in [-0.15, -0.1) is 0 Å². The summed E-state index contributed by atoms with van der Waals surface area (Å²) in [5, 5.41) is 0. The van der Waals surface area contributed by atoms with Crippen LogP contribution in [0.4, 0.5) is 22.0 Å². The average Bonchev–Trinajstić information content (AvgIpc) is 2.72. The Kier molecular flexibility index (Phi) is 2.35. The largest absolute Gasteiger partial charge is 0.247 e. The zero-order valence-electron chi connectivity index (χ0n) is 9.24. The molecule has 2 unspecified atom stereocenters. The van der Waals surface area contributed by atoms with E-state index in [1.807, 2.05) is 0 Å². The highest BCUT2D eigenvalue weighted by Crippen LogP contribution is 2.69. The molecule has 2 aliphatic carbocycles. The molecule has 2 rings (SSSR count). The summed E-state index contributed by atoms with van der Waals surface area (Å²) in [5.74, 6) is -1.24. The summed E-state index contributed by atoms with van der Waals surface area (Å²) in [4.78, 5) is 0.